The van der Waals surface area contributed by atoms with E-state index in [2.05, 4.69) is 24.5 Å². The van der Waals surface area contributed by atoms with E-state index < -0.39 is 0 Å². The van der Waals surface area contributed by atoms with Crippen LogP contribution in [0.2, 0.25) is 0 Å². The van der Waals surface area contributed by atoms with Crippen LogP contribution in [0.1, 0.15) is 24.6 Å². The van der Waals surface area contributed by atoms with Crippen LogP contribution in [0.4, 0.5) is 5.82 Å². The molecule has 102 valence electrons. The number of pyridine rings is 1. The number of hydrogen-bond acceptors (Lipinski definition) is 6. The van der Waals surface area contributed by atoms with Gasteiger partial charge in [0.1, 0.15) is 0 Å². The zero-order chi connectivity index (χ0) is 13.9. The second-order valence-electron chi connectivity index (χ2n) is 5.05. The minimum absolute atomic E-state index is 0.203. The second-order valence-corrected chi connectivity index (χ2v) is 5.05. The van der Waals surface area contributed by atoms with E-state index in [-0.39, 0.29) is 5.82 Å². The number of anilines is 1. The van der Waals surface area contributed by atoms with E-state index in [9.17, 15) is 5.21 Å². The van der Waals surface area contributed by atoms with E-state index in [1.165, 1.54) is 6.20 Å². The summed E-state index contributed by atoms with van der Waals surface area (Å²) in [6, 6.07) is 2.20. The fourth-order valence-electron chi connectivity index (χ4n) is 2.40. The molecule has 2 N–H and O–H groups in total. The van der Waals surface area contributed by atoms with Gasteiger partial charge in [0.15, 0.2) is 28.5 Å². The van der Waals surface area contributed by atoms with Crippen LogP contribution in [0.25, 0.3) is 22.6 Å². The highest BCUT2D eigenvalue weighted by Crippen LogP contribution is 2.41. The largest absolute Gasteiger partial charge is 0.618 e. The Morgan fingerprint density at radius 1 is 1.45 bits per heavy atom. The Morgan fingerprint density at radius 2 is 2.25 bits per heavy atom. The first-order chi connectivity index (χ1) is 9.65. The van der Waals surface area contributed by atoms with E-state index in [0.29, 0.717) is 28.8 Å². The number of aromatic nitrogens is 5. The number of hydrogen-bond donors (Lipinski definition) is 1. The van der Waals surface area contributed by atoms with Crippen LogP contribution in [-0.4, -0.2) is 19.9 Å². The Hall–Kier alpha value is -2.64. The van der Waals surface area contributed by atoms with Gasteiger partial charge in [-0.05, 0) is 23.2 Å². The van der Waals surface area contributed by atoms with Gasteiger partial charge in [-0.25, -0.2) is 9.61 Å². The van der Waals surface area contributed by atoms with Crippen LogP contribution < -0.4 is 10.5 Å². The average Bonchev–Trinajstić information content (AvgIpc) is 3.06. The van der Waals surface area contributed by atoms with Gasteiger partial charge < -0.3 is 15.5 Å². The molecule has 0 aromatic carbocycles. The molecule has 1 aliphatic rings. The van der Waals surface area contributed by atoms with Crippen molar-refractivity contribution in [2.75, 3.05) is 5.73 Å². The van der Waals surface area contributed by atoms with Crippen molar-refractivity contribution in [2.45, 2.75) is 25.8 Å². The molecule has 0 amide bonds. The minimum Gasteiger partial charge on any atom is -0.618 e. The van der Waals surface area contributed by atoms with E-state index in [0.717, 1.165) is 23.1 Å². The van der Waals surface area contributed by atoms with Crippen molar-refractivity contribution in [3.8, 4) is 11.5 Å². The molecule has 8 heteroatoms. The van der Waals surface area contributed by atoms with E-state index in [4.69, 9.17) is 5.73 Å². The molecule has 0 spiro atoms. The highest BCUT2D eigenvalue weighted by atomic mass is 16.6. The van der Waals surface area contributed by atoms with Gasteiger partial charge in [-0.15, -0.1) is 0 Å². The van der Waals surface area contributed by atoms with Crippen LogP contribution in [0.3, 0.4) is 0 Å². The second kappa shape index (κ2) is 3.69. The molecule has 0 unspecified atom stereocenters. The van der Waals surface area contributed by atoms with Gasteiger partial charge in [0, 0.05) is 19.0 Å². The number of nitrogen functional groups attached to an aromatic ring is 1. The zero-order valence-electron chi connectivity index (χ0n) is 10.8. The molecule has 0 bridgehead atoms. The number of nitrogens with zero attached hydrogens (tertiary/aromatic N) is 5. The lowest BCUT2D eigenvalue weighted by Gasteiger charge is -2.05. The summed E-state index contributed by atoms with van der Waals surface area (Å²) in [5.41, 5.74) is 8.33. The predicted molar refractivity (Wildman–Crippen MR) is 69.4 cm³/mol. The lowest BCUT2D eigenvalue weighted by Crippen LogP contribution is -2.29. The lowest BCUT2D eigenvalue weighted by molar-refractivity contribution is -0.610. The van der Waals surface area contributed by atoms with Gasteiger partial charge in [0.05, 0.1) is 5.52 Å². The van der Waals surface area contributed by atoms with Gasteiger partial charge in [-0.3, -0.25) is 0 Å². The third kappa shape index (κ3) is 1.47. The van der Waals surface area contributed by atoms with Crippen LogP contribution in [0.5, 0.6) is 0 Å². The maximum absolute atomic E-state index is 11.7. The predicted octanol–water partition coefficient (Wildman–Crippen LogP) is 0.945. The van der Waals surface area contributed by atoms with E-state index in [1.807, 2.05) is 6.07 Å². The van der Waals surface area contributed by atoms with Gasteiger partial charge >= 0.3 is 0 Å². The van der Waals surface area contributed by atoms with E-state index >= 15 is 0 Å². The molecule has 3 heterocycles. The molecule has 3 aromatic rings. The summed E-state index contributed by atoms with van der Waals surface area (Å²) in [6.07, 6.45) is 3.63. The molecule has 1 fully saturated rings. The highest BCUT2D eigenvalue weighted by Gasteiger charge is 2.31. The van der Waals surface area contributed by atoms with Crippen molar-refractivity contribution in [1.82, 2.24) is 19.9 Å². The summed E-state index contributed by atoms with van der Waals surface area (Å²) in [4.78, 5) is 4.48. The van der Waals surface area contributed by atoms with Crippen LogP contribution in [0, 0.1) is 12.1 Å². The number of fused-ring (bicyclic) bond motifs is 1. The Labute approximate surface area is 113 Å². The first kappa shape index (κ1) is 11.2. The molecule has 1 saturated carbocycles. The Bertz CT molecular complexity index is 817. The summed E-state index contributed by atoms with van der Waals surface area (Å²) in [5, 5.41) is 19.1. The summed E-state index contributed by atoms with van der Waals surface area (Å²) < 4.78 is 7.53. The Morgan fingerprint density at radius 3 is 2.90 bits per heavy atom. The fraction of sp³-hybridized carbons (Fsp3) is 0.333. The van der Waals surface area contributed by atoms with Gasteiger partial charge in [0.25, 0.3) is 0 Å². The molecule has 0 radical (unpaired) electrons. The van der Waals surface area contributed by atoms with E-state index in [1.54, 1.807) is 6.92 Å². The lowest BCUT2D eigenvalue weighted by atomic mass is 10.3. The SMILES string of the molecule is Cc1cc2c(c[n+]1[O-])nc(-c1nonc1N)n2C1CC1. The quantitative estimate of drug-likeness (QED) is 0.549. The molecule has 0 saturated heterocycles. The van der Waals surface area contributed by atoms with Crippen molar-refractivity contribution >= 4 is 16.9 Å². The first-order valence-corrected chi connectivity index (χ1v) is 6.35. The first-order valence-electron chi connectivity index (χ1n) is 6.35. The molecule has 0 aliphatic heterocycles. The van der Waals surface area contributed by atoms with Crippen molar-refractivity contribution in [2.24, 2.45) is 0 Å². The van der Waals surface area contributed by atoms with Gasteiger partial charge in [0.2, 0.25) is 6.20 Å². The fourth-order valence-corrected chi connectivity index (χ4v) is 2.40. The number of aryl methyl sites for hydroxylation is 1. The highest BCUT2D eigenvalue weighted by molar-refractivity contribution is 5.81. The smallest absolute Gasteiger partial charge is 0.208 e. The maximum atomic E-state index is 11.7. The number of rotatable bonds is 2. The Kier molecular flexibility index (Phi) is 2.07. The van der Waals surface area contributed by atoms with Crippen molar-refractivity contribution in [3.63, 3.8) is 0 Å². The summed E-state index contributed by atoms with van der Waals surface area (Å²) >= 11 is 0. The normalized spacial score (nSPS) is 15.1. The van der Waals surface area contributed by atoms with Crippen LogP contribution >= 0.6 is 0 Å². The average molecular weight is 272 g/mol. The minimum atomic E-state index is 0.203. The molecule has 20 heavy (non-hydrogen) atoms. The zero-order valence-corrected chi connectivity index (χ0v) is 10.8. The van der Waals surface area contributed by atoms with Crippen molar-refractivity contribution in [3.05, 3.63) is 23.2 Å². The van der Waals surface area contributed by atoms with Crippen molar-refractivity contribution in [1.29, 1.82) is 0 Å². The standard InChI is InChI=1S/C12H12N6O2/c1-6-4-9-8(5-17(6)19)14-12(18(9)7-2-3-7)10-11(13)16-20-15-10/h4-5,7H,2-3H2,1H3,(H2,13,16). The molecule has 3 aromatic heterocycles. The third-order valence-corrected chi connectivity index (χ3v) is 3.55. The monoisotopic (exact) mass is 272 g/mol. The molecule has 4 rings (SSSR count). The van der Waals surface area contributed by atoms with Crippen molar-refractivity contribution < 1.29 is 9.36 Å². The van der Waals surface area contributed by atoms with Gasteiger partial charge in [-0.2, -0.15) is 4.73 Å². The molecule has 8 nitrogen and oxygen atoms in total. The molecule has 0 atom stereocenters. The molecule has 1 aliphatic carbocycles. The Balaban J connectivity index is 2.05. The summed E-state index contributed by atoms with van der Waals surface area (Å²) in [7, 11) is 0. The van der Waals surface area contributed by atoms with Crippen LogP contribution in [0.15, 0.2) is 16.9 Å². The summed E-state index contributed by atoms with van der Waals surface area (Å²) in [5.74, 6) is 0.806. The van der Waals surface area contributed by atoms with Gasteiger partial charge in [-0.1, -0.05) is 0 Å². The number of nitrogens with two attached hydrogens (primary N) is 1. The van der Waals surface area contributed by atoms with Crippen LogP contribution in [-0.2, 0) is 0 Å². The topological polar surface area (TPSA) is 110 Å². The number of imidazole rings is 1. The summed E-state index contributed by atoms with van der Waals surface area (Å²) in [6.45, 7) is 1.77. The maximum Gasteiger partial charge on any atom is 0.208 e. The molecular formula is C12H12N6O2. The third-order valence-electron chi connectivity index (χ3n) is 3.55. The molecular weight excluding hydrogens is 260 g/mol.